The lowest BCUT2D eigenvalue weighted by molar-refractivity contribution is -0.138. The van der Waals surface area contributed by atoms with Gasteiger partial charge in [0.25, 0.3) is 0 Å². The third-order valence-corrected chi connectivity index (χ3v) is 5.29. The fraction of sp³-hybridized carbons (Fsp3) is 0.500. The molecule has 32 heavy (non-hydrogen) atoms. The largest absolute Gasteiger partial charge is 0.482 e. The van der Waals surface area contributed by atoms with Crippen molar-refractivity contribution in [3.8, 4) is 5.75 Å². The highest BCUT2D eigenvalue weighted by Crippen LogP contribution is 2.14. The Balaban J connectivity index is 1.45. The molecule has 0 aliphatic carbocycles. The van der Waals surface area contributed by atoms with Crippen LogP contribution in [0.3, 0.4) is 0 Å². The average Bonchev–Trinajstić information content (AvgIpc) is 2.76. The van der Waals surface area contributed by atoms with Crippen molar-refractivity contribution < 1.29 is 23.4 Å². The number of hydrogen-bond acceptors (Lipinski definition) is 7. The maximum Gasteiger partial charge on any atom is 0.248 e. The van der Waals surface area contributed by atoms with Gasteiger partial charge in [0, 0.05) is 39.4 Å². The van der Waals surface area contributed by atoms with E-state index in [0.29, 0.717) is 58.3 Å². The Morgan fingerprint density at radius 3 is 2.41 bits per heavy atom. The van der Waals surface area contributed by atoms with Gasteiger partial charge in [-0.1, -0.05) is 29.3 Å². The van der Waals surface area contributed by atoms with Crippen LogP contribution in [0.25, 0.3) is 0 Å². The first-order chi connectivity index (χ1) is 15.4. The van der Waals surface area contributed by atoms with Crippen LogP contribution in [-0.2, 0) is 27.4 Å². The van der Waals surface area contributed by atoms with Gasteiger partial charge < -0.3 is 23.5 Å². The number of carbonyl (C=O) groups excluding carboxylic acids is 1. The number of amides is 1. The number of piperazine rings is 1. The van der Waals surface area contributed by atoms with Gasteiger partial charge in [-0.15, -0.1) is 0 Å². The van der Waals surface area contributed by atoms with Crippen LogP contribution >= 0.6 is 0 Å². The van der Waals surface area contributed by atoms with Crippen LogP contribution in [0.2, 0.25) is 0 Å². The molecule has 0 radical (unpaired) electrons. The lowest BCUT2D eigenvalue weighted by Gasteiger charge is -2.34. The summed E-state index contributed by atoms with van der Waals surface area (Å²) in [5.74, 6) is 0.769. The minimum Gasteiger partial charge on any atom is -0.482 e. The van der Waals surface area contributed by atoms with E-state index in [1.165, 1.54) is 12.3 Å². The van der Waals surface area contributed by atoms with E-state index in [-0.39, 0.29) is 23.7 Å². The Morgan fingerprint density at radius 2 is 1.75 bits per heavy atom. The van der Waals surface area contributed by atoms with Gasteiger partial charge in [-0.2, -0.15) is 0 Å². The van der Waals surface area contributed by atoms with E-state index >= 15 is 0 Å². The second kappa shape index (κ2) is 11.8. The van der Waals surface area contributed by atoms with E-state index < -0.39 is 0 Å². The number of benzene rings is 1. The number of hydrogen-bond donors (Lipinski definition) is 0. The molecule has 1 fully saturated rings. The molecule has 2 heterocycles. The van der Waals surface area contributed by atoms with Gasteiger partial charge in [0.15, 0.2) is 0 Å². The standard InChI is InChI=1S/C24H32N2O6/c1-18-10-19(2)12-20(11-18)15-32-23-16-31-21(13-22(23)27)14-25-4-6-26(7-5-25)24(28)17-30-9-8-29-3/h10-13,16H,4-9,14-15,17H2,1-3H3. The fourth-order valence-corrected chi connectivity index (χ4v) is 3.71. The van der Waals surface area contributed by atoms with Crippen LogP contribution in [0.1, 0.15) is 22.5 Å². The monoisotopic (exact) mass is 444 g/mol. The molecule has 1 aliphatic rings. The third kappa shape index (κ3) is 7.19. The topological polar surface area (TPSA) is 81.5 Å². The van der Waals surface area contributed by atoms with Gasteiger partial charge in [0.2, 0.25) is 17.1 Å². The van der Waals surface area contributed by atoms with Gasteiger partial charge in [0.1, 0.15) is 25.2 Å². The van der Waals surface area contributed by atoms with Crippen LogP contribution in [0.5, 0.6) is 5.75 Å². The number of carbonyl (C=O) groups is 1. The Kier molecular flexibility index (Phi) is 8.84. The molecule has 1 aliphatic heterocycles. The van der Waals surface area contributed by atoms with Gasteiger partial charge >= 0.3 is 0 Å². The zero-order valence-corrected chi connectivity index (χ0v) is 19.1. The predicted molar refractivity (Wildman–Crippen MR) is 120 cm³/mol. The summed E-state index contributed by atoms with van der Waals surface area (Å²) in [5.41, 5.74) is 3.14. The van der Waals surface area contributed by atoms with Crippen molar-refractivity contribution >= 4 is 5.91 Å². The molecule has 0 saturated carbocycles. The predicted octanol–water partition coefficient (Wildman–Crippen LogP) is 2.14. The van der Waals surface area contributed by atoms with E-state index in [2.05, 4.69) is 11.0 Å². The molecule has 1 aromatic carbocycles. The molecule has 2 aromatic rings. The summed E-state index contributed by atoms with van der Waals surface area (Å²) < 4.78 is 21.5. The average molecular weight is 445 g/mol. The summed E-state index contributed by atoms with van der Waals surface area (Å²) in [5, 5.41) is 0. The lowest BCUT2D eigenvalue weighted by Crippen LogP contribution is -2.49. The maximum absolute atomic E-state index is 12.4. The molecule has 0 spiro atoms. The number of ether oxygens (including phenoxy) is 3. The van der Waals surface area contributed by atoms with Crippen molar-refractivity contribution in [2.45, 2.75) is 27.0 Å². The zero-order chi connectivity index (χ0) is 22.9. The van der Waals surface area contributed by atoms with Crippen molar-refractivity contribution in [1.82, 2.24) is 9.80 Å². The first-order valence-electron chi connectivity index (χ1n) is 10.8. The molecule has 1 saturated heterocycles. The number of nitrogens with zero attached hydrogens (tertiary/aromatic N) is 2. The summed E-state index contributed by atoms with van der Waals surface area (Å²) in [6, 6.07) is 7.66. The molecule has 174 valence electrons. The molecule has 8 heteroatoms. The van der Waals surface area contributed by atoms with Crippen molar-refractivity contribution in [2.24, 2.45) is 0 Å². The second-order valence-electron chi connectivity index (χ2n) is 8.06. The number of methoxy groups -OCH3 is 1. The third-order valence-electron chi connectivity index (χ3n) is 5.29. The minimum atomic E-state index is -0.197. The number of rotatable bonds is 10. The summed E-state index contributed by atoms with van der Waals surface area (Å²) in [6.07, 6.45) is 1.39. The quantitative estimate of drug-likeness (QED) is 0.520. The second-order valence-corrected chi connectivity index (χ2v) is 8.06. The Bertz CT molecular complexity index is 929. The van der Waals surface area contributed by atoms with Crippen LogP contribution in [0.4, 0.5) is 0 Å². The van der Waals surface area contributed by atoms with E-state index in [1.807, 2.05) is 26.0 Å². The molecule has 0 unspecified atom stereocenters. The highest BCUT2D eigenvalue weighted by molar-refractivity contribution is 5.77. The first kappa shape index (κ1) is 24.0. The summed E-state index contributed by atoms with van der Waals surface area (Å²) >= 11 is 0. The molecule has 3 rings (SSSR count). The van der Waals surface area contributed by atoms with Crippen LogP contribution in [0.15, 0.2) is 39.7 Å². The molecule has 0 atom stereocenters. The van der Waals surface area contributed by atoms with E-state index in [0.717, 1.165) is 16.7 Å². The minimum absolute atomic E-state index is 0.0161. The van der Waals surface area contributed by atoms with E-state index in [4.69, 9.17) is 18.6 Å². The maximum atomic E-state index is 12.4. The van der Waals surface area contributed by atoms with E-state index in [1.54, 1.807) is 12.0 Å². The van der Waals surface area contributed by atoms with E-state index in [9.17, 15) is 9.59 Å². The zero-order valence-electron chi connectivity index (χ0n) is 19.1. The molecule has 0 bridgehead atoms. The SMILES string of the molecule is COCCOCC(=O)N1CCN(Cc2cc(=O)c(OCc3cc(C)cc(C)c3)co2)CC1. The molecular weight excluding hydrogens is 412 g/mol. The molecule has 1 amide bonds. The Hall–Kier alpha value is -2.68. The molecule has 0 N–H and O–H groups in total. The van der Waals surface area contributed by atoms with Crippen LogP contribution in [-0.4, -0.2) is 68.8 Å². The van der Waals surface area contributed by atoms with Crippen molar-refractivity contribution in [1.29, 1.82) is 0 Å². The highest BCUT2D eigenvalue weighted by Gasteiger charge is 2.22. The summed E-state index contributed by atoms with van der Waals surface area (Å²) in [7, 11) is 1.60. The van der Waals surface area contributed by atoms with Crippen molar-refractivity contribution in [2.75, 3.05) is 53.1 Å². The van der Waals surface area contributed by atoms with Crippen LogP contribution in [0, 0.1) is 13.8 Å². The first-order valence-corrected chi connectivity index (χ1v) is 10.8. The highest BCUT2D eigenvalue weighted by atomic mass is 16.5. The van der Waals surface area contributed by atoms with Gasteiger partial charge in [-0.25, -0.2) is 0 Å². The normalized spacial score (nSPS) is 14.5. The number of aryl methyl sites for hydroxylation is 2. The van der Waals surface area contributed by atoms with Gasteiger partial charge in [-0.3, -0.25) is 14.5 Å². The lowest BCUT2D eigenvalue weighted by atomic mass is 10.1. The molecular formula is C24H32N2O6. The Morgan fingerprint density at radius 1 is 1.03 bits per heavy atom. The molecule has 1 aromatic heterocycles. The van der Waals surface area contributed by atoms with Gasteiger partial charge in [0.05, 0.1) is 19.8 Å². The van der Waals surface area contributed by atoms with Crippen molar-refractivity contribution in [3.05, 3.63) is 63.2 Å². The van der Waals surface area contributed by atoms with Crippen molar-refractivity contribution in [3.63, 3.8) is 0 Å². The van der Waals surface area contributed by atoms with Gasteiger partial charge in [-0.05, 0) is 19.4 Å². The molecule has 8 nitrogen and oxygen atoms in total. The Labute approximate surface area is 188 Å². The summed E-state index contributed by atoms with van der Waals surface area (Å²) in [6.45, 7) is 8.50. The summed E-state index contributed by atoms with van der Waals surface area (Å²) in [4.78, 5) is 28.6. The van der Waals surface area contributed by atoms with Crippen LogP contribution < -0.4 is 10.2 Å². The smallest absolute Gasteiger partial charge is 0.248 e. The fourth-order valence-electron chi connectivity index (χ4n) is 3.71.